The van der Waals surface area contributed by atoms with Gasteiger partial charge in [0.05, 0.1) is 25.0 Å². The normalized spacial score (nSPS) is 13.6. The van der Waals surface area contributed by atoms with Crippen molar-refractivity contribution in [3.63, 3.8) is 0 Å². The van der Waals surface area contributed by atoms with E-state index in [0.717, 1.165) is 50.0 Å². The average molecular weight is 560 g/mol. The van der Waals surface area contributed by atoms with E-state index in [-0.39, 0.29) is 35.3 Å². The second-order valence-corrected chi connectivity index (χ2v) is 8.96. The molecule has 0 bridgehead atoms. The van der Waals surface area contributed by atoms with Crippen LogP contribution in [0.25, 0.3) is 5.52 Å². The number of halogens is 3. The minimum Gasteiger partial charge on any atom is -0.490 e. The summed E-state index contributed by atoms with van der Waals surface area (Å²) in [6.45, 7) is 8.07. The van der Waals surface area contributed by atoms with Crippen molar-refractivity contribution in [2.75, 3.05) is 44.8 Å². The Morgan fingerprint density at radius 3 is 2.64 bits per heavy atom. The van der Waals surface area contributed by atoms with Gasteiger partial charge in [-0.25, -0.2) is 13.3 Å². The fraction of sp³-hybridized carbons (Fsp3) is 0.296. The molecule has 12 heteroatoms. The summed E-state index contributed by atoms with van der Waals surface area (Å²) in [4.78, 5) is 18.9. The minimum atomic E-state index is -0.726. The predicted octanol–water partition coefficient (Wildman–Crippen LogP) is 4.80. The van der Waals surface area contributed by atoms with E-state index in [0.29, 0.717) is 17.9 Å². The number of aromatic nitrogens is 3. The van der Waals surface area contributed by atoms with E-state index in [1.807, 2.05) is 6.92 Å². The number of anilines is 1. The Kier molecular flexibility index (Phi) is 8.95. The van der Waals surface area contributed by atoms with E-state index in [4.69, 9.17) is 14.2 Å². The zero-order valence-electron chi connectivity index (χ0n) is 21.4. The number of hydrogen-bond donors (Lipinski definition) is 1. The van der Waals surface area contributed by atoms with E-state index in [1.165, 1.54) is 30.6 Å². The molecule has 0 unspecified atom stereocenters. The van der Waals surface area contributed by atoms with Crippen molar-refractivity contribution in [3.8, 4) is 17.4 Å². The van der Waals surface area contributed by atoms with Crippen LogP contribution in [0.2, 0.25) is 0 Å². The van der Waals surface area contributed by atoms with Crippen molar-refractivity contribution in [1.82, 2.24) is 19.5 Å². The maximum absolute atomic E-state index is 14.9. The highest BCUT2D eigenvalue weighted by Gasteiger charge is 2.19. The first kappa shape index (κ1) is 28.2. The van der Waals surface area contributed by atoms with Crippen molar-refractivity contribution < 1.29 is 27.8 Å². The molecule has 0 aliphatic carbocycles. The van der Waals surface area contributed by atoms with Gasteiger partial charge in [-0.3, -0.25) is 9.69 Å². The van der Waals surface area contributed by atoms with Crippen LogP contribution >= 0.6 is 12.4 Å². The zero-order chi connectivity index (χ0) is 26.6. The molecule has 2 aromatic heterocycles. The quantitative estimate of drug-likeness (QED) is 0.331. The Labute approximate surface area is 230 Å². The molecular weight excluding hydrogens is 532 g/mol. The van der Waals surface area contributed by atoms with E-state index in [2.05, 4.69) is 20.3 Å². The number of carbonyl (C=O) groups excluding carboxylic acids is 1. The Bertz CT molecular complexity index is 1480. The van der Waals surface area contributed by atoms with Gasteiger partial charge < -0.3 is 19.5 Å². The van der Waals surface area contributed by atoms with Gasteiger partial charge in [0.15, 0.2) is 11.6 Å². The van der Waals surface area contributed by atoms with Crippen molar-refractivity contribution in [1.29, 1.82) is 0 Å². The fourth-order valence-corrected chi connectivity index (χ4v) is 4.21. The van der Waals surface area contributed by atoms with Crippen LogP contribution in [0, 0.1) is 25.5 Å². The number of nitrogens with one attached hydrogen (secondary N) is 1. The van der Waals surface area contributed by atoms with Crippen LogP contribution in [0.4, 0.5) is 14.5 Å². The van der Waals surface area contributed by atoms with Crippen LogP contribution in [0.15, 0.2) is 48.9 Å². The van der Waals surface area contributed by atoms with Crippen LogP contribution in [0.1, 0.15) is 21.5 Å². The standard InChI is InChI=1S/C27H27F2N5O4.ClH/c1-17-3-5-21(28)20(13-17)26(35)32-19-4-6-23(22(29)14-19)38-27-25-18(2)24(15-34(25)31-16-30-27)37-12-9-33-7-10-36-11-8-33;/h3-6,13-16H,7-12H2,1-2H3,(H,32,35);1H. The third-order valence-electron chi connectivity index (χ3n) is 6.28. The van der Waals surface area contributed by atoms with Gasteiger partial charge in [0.1, 0.15) is 30.0 Å². The van der Waals surface area contributed by atoms with Crippen molar-refractivity contribution in [2.24, 2.45) is 0 Å². The SMILES string of the molecule is Cc1ccc(F)c(C(=O)Nc2ccc(Oc3ncnn4cc(OCCN5CCOCC5)c(C)c34)c(F)c2)c1.Cl. The lowest BCUT2D eigenvalue weighted by molar-refractivity contribution is 0.0322. The maximum atomic E-state index is 14.9. The highest BCUT2D eigenvalue weighted by molar-refractivity contribution is 6.04. The van der Waals surface area contributed by atoms with Gasteiger partial charge in [-0.1, -0.05) is 11.6 Å². The minimum absolute atomic E-state index is 0. The molecule has 0 radical (unpaired) electrons. The number of ether oxygens (including phenoxy) is 3. The van der Waals surface area contributed by atoms with Crippen LogP contribution in [0.5, 0.6) is 17.4 Å². The topological polar surface area (TPSA) is 90.2 Å². The van der Waals surface area contributed by atoms with Crippen LogP contribution < -0.4 is 14.8 Å². The lowest BCUT2D eigenvalue weighted by atomic mass is 10.1. The summed E-state index contributed by atoms with van der Waals surface area (Å²) in [6, 6.07) is 8.15. The summed E-state index contributed by atoms with van der Waals surface area (Å²) in [5, 5.41) is 6.73. The van der Waals surface area contributed by atoms with E-state index < -0.39 is 17.5 Å². The predicted molar refractivity (Wildman–Crippen MR) is 143 cm³/mol. The molecule has 1 fully saturated rings. The number of nitrogens with zero attached hydrogens (tertiary/aromatic N) is 4. The highest BCUT2D eigenvalue weighted by Crippen LogP contribution is 2.33. The fourth-order valence-electron chi connectivity index (χ4n) is 4.21. The van der Waals surface area contributed by atoms with Crippen LogP contribution in [0.3, 0.4) is 0 Å². The average Bonchev–Trinajstić information content (AvgIpc) is 3.23. The highest BCUT2D eigenvalue weighted by atomic mass is 35.5. The molecular formula is C27H28ClF2N5O4. The van der Waals surface area contributed by atoms with E-state index in [9.17, 15) is 13.6 Å². The molecule has 1 saturated heterocycles. The number of morpholine rings is 1. The Balaban J connectivity index is 0.00000353. The number of aryl methyl sites for hydroxylation is 2. The molecule has 3 heterocycles. The molecule has 4 aromatic rings. The smallest absolute Gasteiger partial charge is 0.258 e. The summed E-state index contributed by atoms with van der Waals surface area (Å²) in [7, 11) is 0. The first-order valence-electron chi connectivity index (χ1n) is 12.2. The molecule has 0 atom stereocenters. The summed E-state index contributed by atoms with van der Waals surface area (Å²) < 4.78 is 47.7. The monoisotopic (exact) mass is 559 g/mol. The number of amides is 1. The Morgan fingerprint density at radius 2 is 1.87 bits per heavy atom. The summed E-state index contributed by atoms with van der Waals surface area (Å²) in [6.07, 6.45) is 3.04. The number of benzene rings is 2. The van der Waals surface area contributed by atoms with Crippen LogP contribution in [-0.4, -0.2) is 64.9 Å². The van der Waals surface area contributed by atoms with Gasteiger partial charge in [-0.05, 0) is 38.1 Å². The number of carbonyl (C=O) groups is 1. The molecule has 39 heavy (non-hydrogen) atoms. The van der Waals surface area contributed by atoms with Crippen LogP contribution in [-0.2, 0) is 4.74 Å². The molecule has 5 rings (SSSR count). The van der Waals surface area contributed by atoms with Gasteiger partial charge in [0, 0.05) is 37.0 Å². The van der Waals surface area contributed by atoms with E-state index in [1.54, 1.807) is 23.7 Å². The van der Waals surface area contributed by atoms with Gasteiger partial charge in [0.2, 0.25) is 5.88 Å². The largest absolute Gasteiger partial charge is 0.490 e. The van der Waals surface area contributed by atoms with Gasteiger partial charge >= 0.3 is 0 Å². The number of fused-ring (bicyclic) bond motifs is 1. The van der Waals surface area contributed by atoms with Crippen molar-refractivity contribution in [2.45, 2.75) is 13.8 Å². The molecule has 0 spiro atoms. The van der Waals surface area contributed by atoms with Gasteiger partial charge in [-0.2, -0.15) is 10.1 Å². The first-order valence-corrected chi connectivity index (χ1v) is 12.2. The molecule has 206 valence electrons. The molecule has 1 aliphatic rings. The molecule has 1 aliphatic heterocycles. The van der Waals surface area contributed by atoms with Gasteiger partial charge in [0.25, 0.3) is 5.91 Å². The summed E-state index contributed by atoms with van der Waals surface area (Å²) >= 11 is 0. The summed E-state index contributed by atoms with van der Waals surface area (Å²) in [5.41, 5.74) is 2.06. The zero-order valence-corrected chi connectivity index (χ0v) is 22.3. The maximum Gasteiger partial charge on any atom is 0.258 e. The summed E-state index contributed by atoms with van der Waals surface area (Å²) in [5.74, 6) is -1.38. The lowest BCUT2D eigenvalue weighted by Crippen LogP contribution is -2.38. The lowest BCUT2D eigenvalue weighted by Gasteiger charge is -2.26. The van der Waals surface area contributed by atoms with Crippen molar-refractivity contribution >= 4 is 29.5 Å². The number of hydrogen-bond acceptors (Lipinski definition) is 7. The van der Waals surface area contributed by atoms with Crippen molar-refractivity contribution in [3.05, 3.63) is 77.2 Å². The third kappa shape index (κ3) is 6.44. The third-order valence-corrected chi connectivity index (χ3v) is 6.28. The molecule has 0 saturated carbocycles. The van der Waals surface area contributed by atoms with E-state index >= 15 is 0 Å². The Morgan fingerprint density at radius 1 is 1.08 bits per heavy atom. The van der Waals surface area contributed by atoms with Gasteiger partial charge in [-0.15, -0.1) is 12.4 Å². The molecule has 1 amide bonds. The second-order valence-electron chi connectivity index (χ2n) is 8.96. The molecule has 2 aromatic carbocycles. The molecule has 9 nitrogen and oxygen atoms in total. The number of rotatable bonds is 8. The Hall–Kier alpha value is -3.80. The molecule has 1 N–H and O–H groups in total. The first-order chi connectivity index (χ1) is 18.4. The second kappa shape index (κ2) is 12.4.